The summed E-state index contributed by atoms with van der Waals surface area (Å²) in [6.45, 7) is 5.91. The molecule has 2 aromatic rings. The van der Waals surface area contributed by atoms with E-state index >= 15 is 0 Å². The van der Waals surface area contributed by atoms with E-state index in [4.69, 9.17) is 0 Å². The van der Waals surface area contributed by atoms with E-state index in [0.29, 0.717) is 30.9 Å². The lowest BCUT2D eigenvalue weighted by atomic mass is 9.84. The first-order valence-corrected chi connectivity index (χ1v) is 14.9. The van der Waals surface area contributed by atoms with Gasteiger partial charge in [-0.15, -0.1) is 0 Å². The van der Waals surface area contributed by atoms with E-state index in [2.05, 4.69) is 52.0 Å². The van der Waals surface area contributed by atoms with Crippen molar-refractivity contribution in [3.8, 4) is 0 Å². The predicted molar refractivity (Wildman–Crippen MR) is 152 cm³/mol. The molecule has 8 heteroatoms. The van der Waals surface area contributed by atoms with Gasteiger partial charge in [0.15, 0.2) is 0 Å². The Bertz CT molecular complexity index is 1170. The molecule has 2 aromatic carbocycles. The van der Waals surface area contributed by atoms with Gasteiger partial charge in [0.2, 0.25) is 11.8 Å². The van der Waals surface area contributed by atoms with Crippen molar-refractivity contribution in [3.63, 3.8) is 0 Å². The van der Waals surface area contributed by atoms with Crippen LogP contribution >= 0.6 is 0 Å². The van der Waals surface area contributed by atoms with Crippen LogP contribution in [0.1, 0.15) is 68.6 Å². The van der Waals surface area contributed by atoms with Gasteiger partial charge < -0.3 is 20.9 Å². The molecule has 3 saturated heterocycles. The van der Waals surface area contributed by atoms with Crippen LogP contribution in [-0.4, -0.2) is 55.0 Å². The monoisotopic (exact) mass is 552 g/mol. The Hall–Kier alpha value is -2.84. The van der Waals surface area contributed by atoms with Crippen molar-refractivity contribution in [3.05, 3.63) is 70.8 Å². The first kappa shape index (κ1) is 28.7. The van der Waals surface area contributed by atoms with Gasteiger partial charge in [-0.2, -0.15) is 0 Å². The number of hydrogen-bond acceptors (Lipinski definition) is 4. The maximum atomic E-state index is 13.9. The molecular formula is C32H42F2N4O2. The molecule has 0 unspecified atom stereocenters. The highest BCUT2D eigenvalue weighted by molar-refractivity contribution is 5.84. The Morgan fingerprint density at radius 1 is 1.00 bits per heavy atom. The molecule has 3 aliphatic heterocycles. The maximum Gasteiger partial charge on any atom is 0.220 e. The molecule has 2 bridgehead atoms. The summed E-state index contributed by atoms with van der Waals surface area (Å²) >= 11 is 0. The summed E-state index contributed by atoms with van der Waals surface area (Å²) in [7, 11) is 0. The number of halogens is 2. The third-order valence-electron chi connectivity index (χ3n) is 8.95. The van der Waals surface area contributed by atoms with Gasteiger partial charge in [-0.25, -0.2) is 8.78 Å². The number of piperidine rings is 3. The molecule has 6 rings (SSSR count). The molecule has 40 heavy (non-hydrogen) atoms. The molecule has 1 saturated carbocycles. The number of nitrogens with one attached hydrogen (secondary N) is 3. The van der Waals surface area contributed by atoms with Crippen LogP contribution in [0.25, 0.3) is 0 Å². The Kier molecular flexibility index (Phi) is 9.16. The maximum absolute atomic E-state index is 13.9. The summed E-state index contributed by atoms with van der Waals surface area (Å²) in [5.74, 6) is -1.04. The van der Waals surface area contributed by atoms with E-state index in [1.165, 1.54) is 23.3 Å². The van der Waals surface area contributed by atoms with Crippen molar-refractivity contribution >= 4 is 11.8 Å². The smallest absolute Gasteiger partial charge is 0.220 e. The molecule has 1 aliphatic carbocycles. The van der Waals surface area contributed by atoms with E-state index in [0.717, 1.165) is 57.8 Å². The van der Waals surface area contributed by atoms with Crippen molar-refractivity contribution in [2.75, 3.05) is 26.2 Å². The van der Waals surface area contributed by atoms with Crippen LogP contribution in [0.5, 0.6) is 0 Å². The summed E-state index contributed by atoms with van der Waals surface area (Å²) in [6, 6.07) is 12.0. The number of benzene rings is 2. The van der Waals surface area contributed by atoms with Gasteiger partial charge in [0.25, 0.3) is 0 Å². The number of amides is 2. The Labute approximate surface area is 236 Å². The van der Waals surface area contributed by atoms with Crippen molar-refractivity contribution in [2.24, 2.45) is 5.92 Å². The third kappa shape index (κ3) is 7.46. The molecule has 0 spiro atoms. The van der Waals surface area contributed by atoms with Crippen molar-refractivity contribution in [1.29, 1.82) is 0 Å². The number of hydrogen-bond donors (Lipinski definition) is 3. The topological polar surface area (TPSA) is 73.5 Å². The number of carbonyl (C=O) groups excluding carboxylic acids is 2. The van der Waals surface area contributed by atoms with Crippen LogP contribution < -0.4 is 16.0 Å². The lowest BCUT2D eigenvalue weighted by molar-refractivity contribution is -0.128. The normalized spacial score (nSPS) is 23.4. The quantitative estimate of drug-likeness (QED) is 0.348. The Balaban J connectivity index is 1.15. The van der Waals surface area contributed by atoms with Gasteiger partial charge in [0.1, 0.15) is 11.6 Å². The molecule has 0 aromatic heterocycles. The summed E-state index contributed by atoms with van der Waals surface area (Å²) in [6.07, 6.45) is 6.47. The van der Waals surface area contributed by atoms with Crippen LogP contribution in [0.15, 0.2) is 42.5 Å². The minimum atomic E-state index is -0.629. The van der Waals surface area contributed by atoms with E-state index in [-0.39, 0.29) is 42.3 Å². The van der Waals surface area contributed by atoms with E-state index in [9.17, 15) is 18.4 Å². The zero-order chi connectivity index (χ0) is 28.1. The highest BCUT2D eigenvalue weighted by Gasteiger charge is 2.43. The number of fused-ring (bicyclic) bond motifs is 3. The number of rotatable bonds is 13. The first-order chi connectivity index (χ1) is 19.3. The van der Waals surface area contributed by atoms with Crippen LogP contribution in [0.2, 0.25) is 0 Å². The molecule has 2 atom stereocenters. The number of nitrogens with zero attached hydrogens (tertiary/aromatic N) is 1. The Morgan fingerprint density at radius 2 is 1.73 bits per heavy atom. The largest absolute Gasteiger partial charge is 0.353 e. The van der Waals surface area contributed by atoms with E-state index < -0.39 is 11.6 Å². The number of carbonyl (C=O) groups is 2. The summed E-state index contributed by atoms with van der Waals surface area (Å²) in [5.41, 5.74) is 3.05. The fourth-order valence-electron chi connectivity index (χ4n) is 6.44. The average molecular weight is 553 g/mol. The zero-order valence-corrected chi connectivity index (χ0v) is 23.5. The fraction of sp³-hybridized carbons (Fsp3) is 0.562. The van der Waals surface area contributed by atoms with E-state index in [1.807, 2.05) is 0 Å². The minimum Gasteiger partial charge on any atom is -0.353 e. The van der Waals surface area contributed by atoms with E-state index in [1.54, 1.807) is 0 Å². The average Bonchev–Trinajstić information content (AvgIpc) is 3.73. The highest BCUT2D eigenvalue weighted by atomic mass is 19.1. The highest BCUT2D eigenvalue weighted by Crippen LogP contribution is 2.45. The Morgan fingerprint density at radius 3 is 2.38 bits per heavy atom. The third-order valence-corrected chi connectivity index (χ3v) is 8.95. The van der Waals surface area contributed by atoms with Gasteiger partial charge in [-0.05, 0) is 99.3 Å². The first-order valence-electron chi connectivity index (χ1n) is 14.9. The molecule has 3 heterocycles. The summed E-state index contributed by atoms with van der Waals surface area (Å²) in [4.78, 5) is 27.9. The predicted octanol–water partition coefficient (Wildman–Crippen LogP) is 4.21. The second-order valence-electron chi connectivity index (χ2n) is 11.9. The molecule has 4 aliphatic rings. The molecule has 3 N–H and O–H groups in total. The lowest BCUT2D eigenvalue weighted by Gasteiger charge is -2.44. The molecule has 0 radical (unpaired) electrons. The van der Waals surface area contributed by atoms with Crippen molar-refractivity contribution in [1.82, 2.24) is 20.9 Å². The number of aryl methyl sites for hydroxylation is 1. The van der Waals surface area contributed by atoms with Gasteiger partial charge >= 0.3 is 0 Å². The summed E-state index contributed by atoms with van der Waals surface area (Å²) < 4.78 is 27.8. The molecule has 4 fully saturated rings. The van der Waals surface area contributed by atoms with Gasteiger partial charge in [-0.1, -0.05) is 31.2 Å². The van der Waals surface area contributed by atoms with Gasteiger partial charge in [-0.3, -0.25) is 9.59 Å². The molecule has 6 nitrogen and oxygen atoms in total. The van der Waals surface area contributed by atoms with Crippen LogP contribution in [0.4, 0.5) is 8.78 Å². The molecule has 216 valence electrons. The fourth-order valence-corrected chi connectivity index (χ4v) is 6.44. The minimum absolute atomic E-state index is 0.0437. The second kappa shape index (κ2) is 12.8. The standard InChI is InChI=1S/C32H42F2N4O2/c1-2-22-4-3-5-25(16-22)32(11-12-32)35-13-8-28(19-23-17-26(33)20-27(34)18-23)36-30(39)6-7-31(40)37-29-21-38-14-9-24(29)10-15-38/h3-5,16-18,20,24,28-29,35H,2,6-15,19,21H2,1H3,(H,36,39)(H,37,40)/t28-,29+/m1/s1. The summed E-state index contributed by atoms with van der Waals surface area (Å²) in [5, 5.41) is 9.87. The zero-order valence-electron chi connectivity index (χ0n) is 23.5. The van der Waals surface area contributed by atoms with Crippen LogP contribution in [-0.2, 0) is 28.0 Å². The van der Waals surface area contributed by atoms with Crippen LogP contribution in [0.3, 0.4) is 0 Å². The van der Waals surface area contributed by atoms with Gasteiger partial charge in [0, 0.05) is 43.1 Å². The van der Waals surface area contributed by atoms with Crippen molar-refractivity contribution < 1.29 is 18.4 Å². The lowest BCUT2D eigenvalue weighted by Crippen LogP contribution is -2.57. The molecular weight excluding hydrogens is 510 g/mol. The van der Waals surface area contributed by atoms with Crippen molar-refractivity contribution in [2.45, 2.75) is 82.3 Å². The SMILES string of the molecule is CCc1cccc(C2(NCC[C@H](Cc3cc(F)cc(F)c3)NC(=O)CCC(=O)N[C@H]3CN4CCC3CC4)CC2)c1. The van der Waals surface area contributed by atoms with Crippen LogP contribution in [0, 0.1) is 17.6 Å². The van der Waals surface area contributed by atoms with Gasteiger partial charge in [0.05, 0.1) is 0 Å². The second-order valence-corrected chi connectivity index (χ2v) is 11.9. The molecule has 2 amide bonds.